The number of fused-ring (bicyclic) bond motifs is 4. The molecule has 2 bridgehead atoms. The first kappa shape index (κ1) is 23.9. The van der Waals surface area contributed by atoms with Crippen LogP contribution in [0.15, 0.2) is 48.8 Å². The number of hydrogen-bond acceptors (Lipinski definition) is 6. The van der Waals surface area contributed by atoms with Gasteiger partial charge in [0, 0.05) is 48.0 Å². The maximum atomic E-state index is 6.69. The van der Waals surface area contributed by atoms with Gasteiger partial charge in [-0.25, -0.2) is 4.98 Å². The maximum absolute atomic E-state index is 6.69. The zero-order chi connectivity index (χ0) is 25.6. The van der Waals surface area contributed by atoms with Crippen LogP contribution in [0, 0.1) is 6.92 Å². The third-order valence-corrected chi connectivity index (χ3v) is 8.91. The molecule has 3 aliphatic rings. The zero-order valence-corrected chi connectivity index (χ0v) is 22.5. The average Bonchev–Trinajstić information content (AvgIpc) is 3.50. The second kappa shape index (κ2) is 9.86. The molecule has 5 heterocycles. The molecule has 196 valence electrons. The largest absolute Gasteiger partial charge is 0.462 e. The van der Waals surface area contributed by atoms with Crippen molar-refractivity contribution in [2.24, 2.45) is 0 Å². The highest BCUT2D eigenvalue weighted by molar-refractivity contribution is 6.36. The Morgan fingerprint density at radius 1 is 1.08 bits per heavy atom. The monoisotopic (exact) mass is 528 g/mol. The molecule has 2 saturated heterocycles. The minimum atomic E-state index is 0.460. The SMILES string of the molecule is Cc1nccn1CCOc1nc2c(c(C3CC4CCC(C3)N4)n1)CCN(c1cccc3cccc(Cl)c13)C2. The number of halogens is 1. The Balaban J connectivity index is 1.21. The van der Waals surface area contributed by atoms with E-state index in [1.54, 1.807) is 0 Å². The van der Waals surface area contributed by atoms with Gasteiger partial charge in [-0.05, 0) is 62.1 Å². The molecule has 0 spiro atoms. The summed E-state index contributed by atoms with van der Waals surface area (Å²) >= 11 is 6.69. The second-order valence-corrected chi connectivity index (χ2v) is 11.3. The minimum absolute atomic E-state index is 0.460. The van der Waals surface area contributed by atoms with Gasteiger partial charge in [-0.1, -0.05) is 35.9 Å². The molecule has 2 atom stereocenters. The van der Waals surface area contributed by atoms with Gasteiger partial charge in [0.15, 0.2) is 0 Å². The van der Waals surface area contributed by atoms with E-state index < -0.39 is 0 Å². The lowest BCUT2D eigenvalue weighted by Gasteiger charge is -2.35. The predicted molar refractivity (Wildman–Crippen MR) is 150 cm³/mol. The highest BCUT2D eigenvalue weighted by Gasteiger charge is 2.37. The summed E-state index contributed by atoms with van der Waals surface area (Å²) in [6.45, 7) is 4.89. The van der Waals surface area contributed by atoms with Crippen molar-refractivity contribution in [3.05, 3.63) is 76.6 Å². The Morgan fingerprint density at radius 3 is 2.68 bits per heavy atom. The van der Waals surface area contributed by atoms with Crippen LogP contribution in [0.4, 0.5) is 5.69 Å². The van der Waals surface area contributed by atoms with E-state index in [2.05, 4.69) is 44.0 Å². The van der Waals surface area contributed by atoms with E-state index in [0.717, 1.165) is 71.9 Å². The van der Waals surface area contributed by atoms with Crippen LogP contribution in [0.3, 0.4) is 0 Å². The molecule has 0 radical (unpaired) electrons. The molecule has 38 heavy (non-hydrogen) atoms. The Labute approximate surface area is 228 Å². The molecule has 7 nitrogen and oxygen atoms in total. The fourth-order valence-corrected chi connectivity index (χ4v) is 7.02. The van der Waals surface area contributed by atoms with Crippen molar-refractivity contribution in [3.63, 3.8) is 0 Å². The number of rotatable bonds is 6. The fourth-order valence-electron chi connectivity index (χ4n) is 6.74. The van der Waals surface area contributed by atoms with Gasteiger partial charge in [-0.3, -0.25) is 0 Å². The van der Waals surface area contributed by atoms with Crippen molar-refractivity contribution in [1.82, 2.24) is 24.8 Å². The molecule has 1 N–H and O–H groups in total. The number of benzene rings is 2. The van der Waals surface area contributed by atoms with Crippen LogP contribution in [-0.2, 0) is 19.5 Å². The Bertz CT molecular complexity index is 1470. The lowest BCUT2D eigenvalue weighted by Crippen LogP contribution is -2.38. The molecule has 2 aromatic carbocycles. The average molecular weight is 529 g/mol. The molecule has 0 amide bonds. The molecule has 7 rings (SSSR count). The molecule has 2 fully saturated rings. The number of piperidine rings is 1. The summed E-state index contributed by atoms with van der Waals surface area (Å²) in [5.41, 5.74) is 4.80. The molecule has 0 aliphatic carbocycles. The quantitative estimate of drug-likeness (QED) is 0.360. The van der Waals surface area contributed by atoms with E-state index in [1.807, 2.05) is 31.5 Å². The number of imidazole rings is 1. The van der Waals surface area contributed by atoms with E-state index in [9.17, 15) is 0 Å². The standard InChI is InChI=1S/C30H33ClN6O/c1-19-32-11-13-36(19)14-15-38-30-34-26-18-37(27-7-3-5-20-4-2-6-25(31)28(20)27)12-10-24(26)29(35-30)21-16-22-8-9-23(17-21)33-22/h2-7,11,13,21-23,33H,8-10,12,14-18H2,1H3. The van der Waals surface area contributed by atoms with Gasteiger partial charge in [0.2, 0.25) is 0 Å². The van der Waals surface area contributed by atoms with Crippen LogP contribution in [-0.4, -0.2) is 44.8 Å². The summed E-state index contributed by atoms with van der Waals surface area (Å²) in [4.78, 5) is 16.8. The van der Waals surface area contributed by atoms with Crippen molar-refractivity contribution in [3.8, 4) is 6.01 Å². The third-order valence-electron chi connectivity index (χ3n) is 8.60. The van der Waals surface area contributed by atoms with Crippen LogP contribution in [0.25, 0.3) is 10.8 Å². The van der Waals surface area contributed by atoms with E-state index >= 15 is 0 Å². The fraction of sp³-hybridized carbons (Fsp3) is 0.433. The molecule has 8 heteroatoms. The van der Waals surface area contributed by atoms with Crippen molar-refractivity contribution >= 4 is 28.1 Å². The summed E-state index contributed by atoms with van der Waals surface area (Å²) in [6.07, 6.45) is 9.58. The van der Waals surface area contributed by atoms with E-state index in [0.29, 0.717) is 30.6 Å². The van der Waals surface area contributed by atoms with Gasteiger partial charge in [0.1, 0.15) is 12.4 Å². The zero-order valence-electron chi connectivity index (χ0n) is 21.7. The van der Waals surface area contributed by atoms with Crippen LogP contribution in [0.2, 0.25) is 5.02 Å². The van der Waals surface area contributed by atoms with Gasteiger partial charge >= 0.3 is 6.01 Å². The van der Waals surface area contributed by atoms with Crippen LogP contribution >= 0.6 is 11.6 Å². The highest BCUT2D eigenvalue weighted by Crippen LogP contribution is 2.41. The number of aromatic nitrogens is 4. The second-order valence-electron chi connectivity index (χ2n) is 10.9. The lowest BCUT2D eigenvalue weighted by molar-refractivity contribution is 0.269. The number of anilines is 1. The predicted octanol–water partition coefficient (Wildman–Crippen LogP) is 5.43. The van der Waals surface area contributed by atoms with Gasteiger partial charge in [-0.15, -0.1) is 0 Å². The Hall–Kier alpha value is -3.16. The summed E-state index contributed by atoms with van der Waals surface area (Å²) in [7, 11) is 0. The molecular formula is C30H33ClN6O. The van der Waals surface area contributed by atoms with Crippen molar-refractivity contribution in [2.75, 3.05) is 18.1 Å². The highest BCUT2D eigenvalue weighted by atomic mass is 35.5. The van der Waals surface area contributed by atoms with E-state index in [4.69, 9.17) is 26.3 Å². The first-order chi connectivity index (χ1) is 18.6. The Kier molecular flexibility index (Phi) is 6.21. The summed E-state index contributed by atoms with van der Waals surface area (Å²) < 4.78 is 8.30. The van der Waals surface area contributed by atoms with Gasteiger partial charge in [0.25, 0.3) is 0 Å². The van der Waals surface area contributed by atoms with Crippen LogP contribution in [0.1, 0.15) is 54.4 Å². The minimum Gasteiger partial charge on any atom is -0.462 e. The number of hydrogen-bond donors (Lipinski definition) is 1. The topological polar surface area (TPSA) is 68.1 Å². The Morgan fingerprint density at radius 2 is 1.89 bits per heavy atom. The maximum Gasteiger partial charge on any atom is 0.316 e. The van der Waals surface area contributed by atoms with Crippen molar-refractivity contribution < 1.29 is 4.74 Å². The first-order valence-electron chi connectivity index (χ1n) is 13.8. The molecule has 3 aliphatic heterocycles. The normalized spacial score (nSPS) is 22.6. The van der Waals surface area contributed by atoms with Crippen LogP contribution in [0.5, 0.6) is 6.01 Å². The van der Waals surface area contributed by atoms with Crippen molar-refractivity contribution in [2.45, 2.75) is 70.1 Å². The van der Waals surface area contributed by atoms with E-state index in [-0.39, 0.29) is 0 Å². The van der Waals surface area contributed by atoms with Crippen molar-refractivity contribution in [1.29, 1.82) is 0 Å². The molecule has 2 unspecified atom stereocenters. The third kappa shape index (κ3) is 4.41. The summed E-state index contributed by atoms with van der Waals surface area (Å²) in [5.74, 6) is 1.44. The number of aryl methyl sites for hydroxylation is 1. The number of nitrogens with zero attached hydrogens (tertiary/aromatic N) is 5. The van der Waals surface area contributed by atoms with Gasteiger partial charge < -0.3 is 19.5 Å². The first-order valence-corrected chi connectivity index (χ1v) is 14.2. The number of nitrogens with one attached hydrogen (secondary N) is 1. The lowest BCUT2D eigenvalue weighted by atomic mass is 9.85. The number of ether oxygens (including phenoxy) is 1. The van der Waals surface area contributed by atoms with E-state index in [1.165, 1.54) is 24.1 Å². The summed E-state index contributed by atoms with van der Waals surface area (Å²) in [6, 6.07) is 14.3. The summed E-state index contributed by atoms with van der Waals surface area (Å²) in [5, 5.41) is 6.84. The van der Waals surface area contributed by atoms with Crippen LogP contribution < -0.4 is 15.0 Å². The van der Waals surface area contributed by atoms with Gasteiger partial charge in [-0.2, -0.15) is 9.97 Å². The molecular weight excluding hydrogens is 496 g/mol. The smallest absolute Gasteiger partial charge is 0.316 e. The molecule has 2 aromatic heterocycles. The molecule has 4 aromatic rings. The van der Waals surface area contributed by atoms with Gasteiger partial charge in [0.05, 0.1) is 29.5 Å². The molecule has 0 saturated carbocycles.